The molecular weight excluding hydrogens is 232 g/mol. The van der Waals surface area contributed by atoms with E-state index in [0.717, 1.165) is 21.8 Å². The van der Waals surface area contributed by atoms with E-state index in [0.29, 0.717) is 0 Å². The van der Waals surface area contributed by atoms with E-state index < -0.39 is 0 Å². The third-order valence-electron chi connectivity index (χ3n) is 2.50. The fourth-order valence-corrected chi connectivity index (χ4v) is 2.17. The van der Waals surface area contributed by atoms with E-state index in [-0.39, 0.29) is 12.4 Å². The summed E-state index contributed by atoms with van der Waals surface area (Å²) in [5.41, 5.74) is 2.18. The molecule has 2 aromatic rings. The molecule has 0 radical (unpaired) electrons. The van der Waals surface area contributed by atoms with Crippen molar-refractivity contribution in [3.8, 4) is 5.75 Å². The Morgan fingerprint density at radius 2 is 2.12 bits per heavy atom. The van der Waals surface area contributed by atoms with Crippen molar-refractivity contribution in [2.75, 3.05) is 6.61 Å². The van der Waals surface area contributed by atoms with E-state index in [1.54, 1.807) is 0 Å². The quantitative estimate of drug-likeness (QED) is 0.770. The van der Waals surface area contributed by atoms with Crippen LogP contribution >= 0.6 is 11.3 Å². The molecular formula is C14H14O2S. The predicted octanol–water partition coefficient (Wildman–Crippen LogP) is 3.63. The van der Waals surface area contributed by atoms with Gasteiger partial charge in [0, 0.05) is 0 Å². The van der Waals surface area contributed by atoms with Gasteiger partial charge in [-0.3, -0.25) is 4.79 Å². The number of ether oxygens (including phenoxy) is 1. The lowest BCUT2D eigenvalue weighted by atomic mass is 10.1. The van der Waals surface area contributed by atoms with Crippen molar-refractivity contribution in [1.82, 2.24) is 0 Å². The van der Waals surface area contributed by atoms with Crippen LogP contribution < -0.4 is 4.74 Å². The van der Waals surface area contributed by atoms with Gasteiger partial charge in [-0.25, -0.2) is 0 Å². The van der Waals surface area contributed by atoms with Crippen LogP contribution in [0.5, 0.6) is 5.75 Å². The Bertz CT molecular complexity index is 515. The molecule has 17 heavy (non-hydrogen) atoms. The van der Waals surface area contributed by atoms with Gasteiger partial charge in [-0.15, -0.1) is 11.3 Å². The number of aryl methyl sites for hydroxylation is 2. The molecule has 0 fully saturated rings. The van der Waals surface area contributed by atoms with Crippen molar-refractivity contribution in [3.05, 3.63) is 51.7 Å². The molecule has 3 heteroatoms. The zero-order valence-electron chi connectivity index (χ0n) is 9.90. The van der Waals surface area contributed by atoms with Gasteiger partial charge in [0.2, 0.25) is 5.78 Å². The van der Waals surface area contributed by atoms with Crippen molar-refractivity contribution in [2.45, 2.75) is 13.8 Å². The molecule has 0 bridgehead atoms. The van der Waals surface area contributed by atoms with Gasteiger partial charge in [-0.2, -0.15) is 0 Å². The molecule has 0 spiro atoms. The minimum Gasteiger partial charge on any atom is -0.485 e. The Labute approximate surface area is 105 Å². The normalized spacial score (nSPS) is 10.2. The van der Waals surface area contributed by atoms with E-state index in [2.05, 4.69) is 0 Å². The molecule has 1 aromatic heterocycles. The SMILES string of the molecule is Cc1ccc(C)c(OCC(=O)c2cccs2)c1. The summed E-state index contributed by atoms with van der Waals surface area (Å²) in [6.45, 7) is 4.09. The van der Waals surface area contributed by atoms with Crippen LogP contribution in [0, 0.1) is 13.8 Å². The Morgan fingerprint density at radius 3 is 2.82 bits per heavy atom. The van der Waals surface area contributed by atoms with Crippen LogP contribution in [0.15, 0.2) is 35.7 Å². The summed E-state index contributed by atoms with van der Waals surface area (Å²) in [6, 6.07) is 9.68. The number of benzene rings is 1. The summed E-state index contributed by atoms with van der Waals surface area (Å²) in [6.07, 6.45) is 0. The molecule has 0 atom stereocenters. The molecule has 0 N–H and O–H groups in total. The monoisotopic (exact) mass is 246 g/mol. The van der Waals surface area contributed by atoms with Gasteiger partial charge in [0.25, 0.3) is 0 Å². The van der Waals surface area contributed by atoms with Gasteiger partial charge in [0.05, 0.1) is 4.88 Å². The number of carbonyl (C=O) groups excluding carboxylic acids is 1. The topological polar surface area (TPSA) is 26.3 Å². The number of carbonyl (C=O) groups is 1. The molecule has 0 aliphatic carbocycles. The highest BCUT2D eigenvalue weighted by atomic mass is 32.1. The van der Waals surface area contributed by atoms with Crippen LogP contribution in [0.25, 0.3) is 0 Å². The van der Waals surface area contributed by atoms with Crippen molar-refractivity contribution >= 4 is 17.1 Å². The summed E-state index contributed by atoms with van der Waals surface area (Å²) >= 11 is 1.44. The van der Waals surface area contributed by atoms with Crippen LogP contribution in [0.2, 0.25) is 0 Å². The molecule has 0 unspecified atom stereocenters. The molecule has 0 saturated carbocycles. The summed E-state index contributed by atoms with van der Waals surface area (Å²) in [5.74, 6) is 0.816. The molecule has 0 aliphatic rings. The minimum atomic E-state index is 0.0286. The van der Waals surface area contributed by atoms with Gasteiger partial charge in [0.1, 0.15) is 5.75 Å². The van der Waals surface area contributed by atoms with Crippen molar-refractivity contribution in [1.29, 1.82) is 0 Å². The largest absolute Gasteiger partial charge is 0.485 e. The molecule has 2 rings (SSSR count). The highest BCUT2D eigenvalue weighted by Crippen LogP contribution is 2.19. The van der Waals surface area contributed by atoms with Crippen molar-refractivity contribution in [3.63, 3.8) is 0 Å². The number of hydrogen-bond donors (Lipinski definition) is 0. The highest BCUT2D eigenvalue weighted by molar-refractivity contribution is 7.12. The van der Waals surface area contributed by atoms with Crippen LogP contribution in [-0.2, 0) is 0 Å². The maximum Gasteiger partial charge on any atom is 0.210 e. The van der Waals surface area contributed by atoms with Crippen LogP contribution in [0.3, 0.4) is 0 Å². The molecule has 0 amide bonds. The third-order valence-corrected chi connectivity index (χ3v) is 3.41. The van der Waals surface area contributed by atoms with Gasteiger partial charge >= 0.3 is 0 Å². The zero-order chi connectivity index (χ0) is 12.3. The summed E-state index contributed by atoms with van der Waals surface area (Å²) < 4.78 is 5.56. The fourth-order valence-electron chi connectivity index (χ4n) is 1.51. The van der Waals surface area contributed by atoms with E-state index >= 15 is 0 Å². The number of thiophene rings is 1. The van der Waals surface area contributed by atoms with Gasteiger partial charge < -0.3 is 4.74 Å². The van der Waals surface area contributed by atoms with Crippen LogP contribution in [-0.4, -0.2) is 12.4 Å². The number of hydrogen-bond acceptors (Lipinski definition) is 3. The lowest BCUT2D eigenvalue weighted by Gasteiger charge is -2.08. The Balaban J connectivity index is 2.03. The second kappa shape index (κ2) is 5.15. The Kier molecular flexibility index (Phi) is 3.59. The minimum absolute atomic E-state index is 0.0286. The number of Topliss-reactive ketones (excluding diaryl/α,β-unsaturated/α-hetero) is 1. The smallest absolute Gasteiger partial charge is 0.210 e. The molecule has 1 aromatic carbocycles. The molecule has 88 valence electrons. The second-order valence-electron chi connectivity index (χ2n) is 3.96. The van der Waals surface area contributed by atoms with Gasteiger partial charge in [0.15, 0.2) is 6.61 Å². The third kappa shape index (κ3) is 2.94. The summed E-state index contributed by atoms with van der Waals surface area (Å²) in [4.78, 5) is 12.5. The first kappa shape index (κ1) is 11.9. The first-order chi connectivity index (χ1) is 8.16. The van der Waals surface area contributed by atoms with E-state index in [9.17, 15) is 4.79 Å². The number of rotatable bonds is 4. The van der Waals surface area contributed by atoms with Crippen molar-refractivity contribution < 1.29 is 9.53 Å². The van der Waals surface area contributed by atoms with E-state index in [4.69, 9.17) is 4.74 Å². The average Bonchev–Trinajstić information content (AvgIpc) is 2.83. The second-order valence-corrected chi connectivity index (χ2v) is 4.91. The lowest BCUT2D eigenvalue weighted by Crippen LogP contribution is -2.10. The van der Waals surface area contributed by atoms with E-state index in [1.807, 2.05) is 49.6 Å². The first-order valence-corrected chi connectivity index (χ1v) is 6.31. The van der Waals surface area contributed by atoms with Gasteiger partial charge in [-0.05, 0) is 42.5 Å². The number of ketones is 1. The predicted molar refractivity (Wildman–Crippen MR) is 70.1 cm³/mol. The summed E-state index contributed by atoms with van der Waals surface area (Å²) in [5, 5.41) is 1.89. The van der Waals surface area contributed by atoms with E-state index in [1.165, 1.54) is 11.3 Å². The zero-order valence-corrected chi connectivity index (χ0v) is 10.7. The Hall–Kier alpha value is -1.61. The van der Waals surface area contributed by atoms with Crippen molar-refractivity contribution in [2.24, 2.45) is 0 Å². The molecule has 1 heterocycles. The standard InChI is InChI=1S/C14H14O2S/c1-10-5-6-11(2)13(8-10)16-9-12(15)14-4-3-7-17-14/h3-8H,9H2,1-2H3. The van der Waals surface area contributed by atoms with Crippen LogP contribution in [0.4, 0.5) is 0 Å². The fraction of sp³-hybridized carbons (Fsp3) is 0.214. The highest BCUT2D eigenvalue weighted by Gasteiger charge is 2.08. The van der Waals surface area contributed by atoms with Crippen LogP contribution in [0.1, 0.15) is 20.8 Å². The Morgan fingerprint density at radius 1 is 1.29 bits per heavy atom. The molecule has 0 saturated heterocycles. The lowest BCUT2D eigenvalue weighted by molar-refractivity contribution is 0.0925. The molecule has 0 aliphatic heterocycles. The molecule has 2 nitrogen and oxygen atoms in total. The first-order valence-electron chi connectivity index (χ1n) is 5.43. The van der Waals surface area contributed by atoms with Gasteiger partial charge in [-0.1, -0.05) is 18.2 Å². The maximum absolute atomic E-state index is 11.8. The summed E-state index contributed by atoms with van der Waals surface area (Å²) in [7, 11) is 0. The average molecular weight is 246 g/mol. The maximum atomic E-state index is 11.8.